The molecule has 0 bridgehead atoms. The van der Waals surface area contributed by atoms with Crippen molar-refractivity contribution in [3.8, 4) is 0 Å². The fraction of sp³-hybridized carbons (Fsp3) is 0.929. The third-order valence-corrected chi connectivity index (χ3v) is 6.17. The molecule has 3 fully saturated rings. The molecule has 0 saturated carbocycles. The summed E-state index contributed by atoms with van der Waals surface area (Å²) in [6, 6.07) is 0. The molecule has 0 aromatic rings. The second kappa shape index (κ2) is 31.3. The van der Waals surface area contributed by atoms with Gasteiger partial charge >= 0.3 is 52.2 Å². The van der Waals surface area contributed by atoms with Crippen LogP contribution in [0.25, 0.3) is 0 Å². The quantitative estimate of drug-likeness (QED) is 0.378. The Hall–Kier alpha value is 1.28. The van der Waals surface area contributed by atoms with Crippen molar-refractivity contribution in [3.63, 3.8) is 0 Å². The first-order chi connectivity index (χ1) is 15.5. The van der Waals surface area contributed by atoms with E-state index in [1.165, 1.54) is 19.3 Å². The maximum absolute atomic E-state index is 5.63. The minimum atomic E-state index is -0.523. The Bertz CT molecular complexity index is 487. The average Bonchev–Trinajstić information content (AvgIpc) is 3.37. The molecule has 6 nitrogen and oxygen atoms in total. The predicted octanol–water partition coefficient (Wildman–Crippen LogP) is 1.10. The van der Waals surface area contributed by atoms with Gasteiger partial charge < -0.3 is 42.4 Å². The summed E-state index contributed by atoms with van der Waals surface area (Å²) >= 11 is 0. The van der Waals surface area contributed by atoms with Crippen LogP contribution in [0.5, 0.6) is 0 Å². The summed E-state index contributed by atoms with van der Waals surface area (Å²) in [6.07, 6.45) is 4.95. The molecule has 3 aliphatic rings. The summed E-state index contributed by atoms with van der Waals surface area (Å²) in [6.45, 7) is 33.8. The Morgan fingerprint density at radius 3 is 1.15 bits per heavy atom. The zero-order chi connectivity index (χ0) is 27.2. The molecule has 3 aliphatic heterocycles. The van der Waals surface area contributed by atoms with Crippen molar-refractivity contribution in [2.24, 2.45) is 0 Å². The van der Waals surface area contributed by atoms with E-state index in [0.29, 0.717) is 0 Å². The van der Waals surface area contributed by atoms with Crippen LogP contribution in [0, 0.1) is 14.4 Å². The van der Waals surface area contributed by atoms with Crippen LogP contribution >= 0.6 is 0 Å². The molecule has 0 aliphatic carbocycles. The molecule has 3 heterocycles. The SMILES string of the molecule is C.C1CCOC1.CB1OC(C)(C)C(C)(C)O1.CC.CC(C)OB1OC(C)(C)C(C)(C)O1.[B].[B].[B].[CH2-]CCC.[CH3-].[Li+].[Li+]. The van der Waals surface area contributed by atoms with Gasteiger partial charge in [-0.1, -0.05) is 34.6 Å². The van der Waals surface area contributed by atoms with E-state index in [9.17, 15) is 0 Å². The summed E-state index contributed by atoms with van der Waals surface area (Å²) in [5.41, 5.74) is -0.919. The smallest absolute Gasteiger partial charge is 0.403 e. The molecule has 41 heavy (non-hydrogen) atoms. The van der Waals surface area contributed by atoms with E-state index in [1.54, 1.807) is 0 Å². The van der Waals surface area contributed by atoms with Gasteiger partial charge in [-0.05, 0) is 88.9 Å². The number of ether oxygens (including phenoxy) is 1. The minimum Gasteiger partial charge on any atom is -0.403 e. The van der Waals surface area contributed by atoms with E-state index < -0.39 is 7.32 Å². The van der Waals surface area contributed by atoms with Crippen LogP contribution < -0.4 is 37.7 Å². The van der Waals surface area contributed by atoms with Crippen molar-refractivity contribution in [3.05, 3.63) is 14.4 Å². The van der Waals surface area contributed by atoms with E-state index in [-0.39, 0.29) is 113 Å². The maximum atomic E-state index is 5.63. The standard InChI is InChI=1S/C9H19BO3.C7H15BO2.C4H8O.C4H9.C2H6.CH4.CH3.3B.2Li/c1-7(2)11-10-12-8(3,4)9(5,6)13-10;1-6(2)7(3,4)10-8(5)9-6;1-2-4-5-3-1;1-3-4-2;1-2;;;;;;;/h7H,1-6H3;1-5H3;1-4H2;1,3-4H2,2H3;1-2H3;1H4;1H3;;;;;/q;;;-1;;;-1;;;;2*+1. The summed E-state index contributed by atoms with van der Waals surface area (Å²) in [4.78, 5) is 0. The molecule has 13 heteroatoms. The van der Waals surface area contributed by atoms with Crippen molar-refractivity contribution in [1.29, 1.82) is 0 Å². The van der Waals surface area contributed by atoms with Crippen LogP contribution in [0.4, 0.5) is 0 Å². The Morgan fingerprint density at radius 1 is 0.732 bits per heavy atom. The fourth-order valence-electron chi connectivity index (χ4n) is 2.71. The van der Waals surface area contributed by atoms with E-state index in [1.807, 2.05) is 62.2 Å². The first-order valence-corrected chi connectivity index (χ1v) is 13.2. The summed E-state index contributed by atoms with van der Waals surface area (Å²) < 4.78 is 32.7. The Labute approximate surface area is 290 Å². The number of unbranched alkanes of at least 4 members (excludes halogenated alkanes) is 1. The first kappa shape index (κ1) is 65.0. The molecular formula is C28H64B5Li2O6. The first-order valence-electron chi connectivity index (χ1n) is 13.2. The summed E-state index contributed by atoms with van der Waals surface area (Å²) in [7, 11) is -0.588. The van der Waals surface area contributed by atoms with Gasteiger partial charge in [0.15, 0.2) is 0 Å². The van der Waals surface area contributed by atoms with Crippen molar-refractivity contribution in [1.82, 2.24) is 0 Å². The van der Waals surface area contributed by atoms with Gasteiger partial charge in [-0.25, -0.2) is 0 Å². The summed E-state index contributed by atoms with van der Waals surface area (Å²) in [5.74, 6) is 0. The molecule has 0 amide bonds. The largest absolute Gasteiger partial charge is 1.00 e. The van der Waals surface area contributed by atoms with E-state index in [2.05, 4.69) is 41.5 Å². The van der Waals surface area contributed by atoms with Gasteiger partial charge in [0.05, 0.1) is 22.4 Å². The van der Waals surface area contributed by atoms with Gasteiger partial charge in [0.1, 0.15) is 0 Å². The zero-order valence-corrected chi connectivity index (χ0v) is 29.9. The minimum absolute atomic E-state index is 0. The normalized spacial score (nSPS) is 19.0. The molecule has 0 aromatic heterocycles. The van der Waals surface area contributed by atoms with Crippen molar-refractivity contribution < 1.29 is 65.7 Å². The van der Waals surface area contributed by atoms with Gasteiger partial charge in [0.2, 0.25) is 0 Å². The van der Waals surface area contributed by atoms with Crippen LogP contribution in [-0.2, 0) is 28.0 Å². The maximum Gasteiger partial charge on any atom is 1.00 e. The van der Waals surface area contributed by atoms with Gasteiger partial charge in [0.25, 0.3) is 0 Å². The Balaban J connectivity index is -0.0000000472. The molecule has 9 radical (unpaired) electrons. The monoisotopic (exact) mass is 566 g/mol. The third kappa shape index (κ3) is 26.2. The van der Waals surface area contributed by atoms with Crippen molar-refractivity contribution in [2.75, 3.05) is 13.2 Å². The van der Waals surface area contributed by atoms with Crippen LogP contribution in [-0.4, -0.2) is 81.4 Å². The van der Waals surface area contributed by atoms with Gasteiger partial charge in [-0.15, -0.1) is 0 Å². The topological polar surface area (TPSA) is 55.4 Å². The Kier molecular flexibility index (Phi) is 49.6. The van der Waals surface area contributed by atoms with E-state index in [4.69, 9.17) is 28.0 Å². The van der Waals surface area contributed by atoms with E-state index in [0.717, 1.165) is 19.6 Å². The second-order valence-electron chi connectivity index (χ2n) is 10.7. The van der Waals surface area contributed by atoms with Crippen LogP contribution in [0.2, 0.25) is 6.82 Å². The fourth-order valence-corrected chi connectivity index (χ4v) is 2.71. The molecule has 229 valence electrons. The molecule has 0 spiro atoms. The molecule has 3 saturated heterocycles. The molecule has 3 rings (SSSR count). The van der Waals surface area contributed by atoms with Crippen LogP contribution in [0.3, 0.4) is 0 Å². The van der Waals surface area contributed by atoms with Crippen LogP contribution in [0.15, 0.2) is 0 Å². The number of hydrogen-bond acceptors (Lipinski definition) is 6. The average molecular weight is 565 g/mol. The van der Waals surface area contributed by atoms with Gasteiger partial charge in [-0.2, -0.15) is 6.42 Å². The number of rotatable bonds is 3. The van der Waals surface area contributed by atoms with Gasteiger partial charge in [0, 0.05) is 44.6 Å². The van der Waals surface area contributed by atoms with Crippen LogP contribution in [0.1, 0.15) is 123 Å². The van der Waals surface area contributed by atoms with Gasteiger partial charge in [-0.3, -0.25) is 0 Å². The van der Waals surface area contributed by atoms with Crippen molar-refractivity contribution in [2.45, 2.75) is 158 Å². The molecule has 0 N–H and O–H groups in total. The molecule has 0 unspecified atom stereocenters. The van der Waals surface area contributed by atoms with E-state index >= 15 is 0 Å². The molecule has 0 aromatic carbocycles. The second-order valence-corrected chi connectivity index (χ2v) is 10.7. The molecular weight excluding hydrogens is 500 g/mol. The summed E-state index contributed by atoms with van der Waals surface area (Å²) in [5, 5.41) is 0. The predicted molar refractivity (Wildman–Crippen MR) is 176 cm³/mol. The number of hydrogen-bond donors (Lipinski definition) is 0. The van der Waals surface area contributed by atoms with Crippen molar-refractivity contribution >= 4 is 39.7 Å². The molecule has 0 atom stereocenters. The Morgan fingerprint density at radius 2 is 1.00 bits per heavy atom. The third-order valence-electron chi connectivity index (χ3n) is 6.17. The zero-order valence-electron chi connectivity index (χ0n) is 29.9.